The Labute approximate surface area is 321 Å². The molecule has 1 fully saturated rings. The number of hydrogen-bond donors (Lipinski definition) is 0. The number of unbranched alkanes of at least 4 members (excludes halogenated alkanes) is 1. The maximum absolute atomic E-state index is 13.7. The van der Waals surface area contributed by atoms with Gasteiger partial charge in [-0.2, -0.15) is 0 Å². The maximum Gasteiger partial charge on any atom is 0.338 e. The van der Waals surface area contributed by atoms with Gasteiger partial charge in [0.1, 0.15) is 18.0 Å². The molecular weight excluding hydrogens is 693 g/mol. The summed E-state index contributed by atoms with van der Waals surface area (Å²) in [6.45, 7) is 3.48. The van der Waals surface area contributed by atoms with Gasteiger partial charge in [0.15, 0.2) is 12.4 Å². The minimum atomic E-state index is -0.698. The SMILES string of the molecule is CC(C)OC(=O)CCC/C=C\C[C@@H]1[C@@H](/C=C/C(=O)COc2ccccc2)[C@H](OC(=O)c2ccc3ccccc3c2)C[C@@H]1OC(=O)c1ccc2ccccc2c1. The zero-order chi connectivity index (χ0) is 38.6. The molecule has 0 bridgehead atoms. The molecule has 0 unspecified atom stereocenters. The van der Waals surface area contributed by atoms with Gasteiger partial charge in [-0.05, 0) is 97.1 Å². The van der Waals surface area contributed by atoms with Crippen LogP contribution in [-0.4, -0.2) is 48.6 Å². The van der Waals surface area contributed by atoms with Crippen molar-refractivity contribution in [3.05, 3.63) is 151 Å². The minimum Gasteiger partial charge on any atom is -0.485 e. The molecule has 5 aromatic carbocycles. The number of esters is 3. The number of ether oxygens (including phenoxy) is 4. The van der Waals surface area contributed by atoms with Crippen molar-refractivity contribution in [1.82, 2.24) is 0 Å². The number of fused-ring (bicyclic) bond motifs is 2. The Bertz CT molecular complexity index is 2170. The monoisotopic (exact) mass is 738 g/mol. The van der Waals surface area contributed by atoms with Crippen molar-refractivity contribution >= 4 is 45.2 Å². The highest BCUT2D eigenvalue weighted by molar-refractivity contribution is 5.96. The van der Waals surface area contributed by atoms with Gasteiger partial charge in [-0.3, -0.25) is 9.59 Å². The Balaban J connectivity index is 1.24. The fraction of sp³-hybridized carbons (Fsp3) is 0.277. The standard InChI is InChI=1S/C47H46O8/c1-32(2)53-45(49)21-9-4-3-8-20-41-42(27-26-39(48)31-52-40-18-6-5-7-19-40)44(55-47(51)38-25-23-34-15-11-13-17-36(34)29-38)30-43(41)54-46(50)37-24-22-33-14-10-12-16-35(33)28-37/h3,5-8,10-19,22-29,32,41-44H,4,9,20-21,30-31H2,1-2H3/b8-3-,27-26+/t41-,42-,43+,44-/m1/s1. The normalized spacial score (nSPS) is 18.2. The molecule has 0 radical (unpaired) electrons. The van der Waals surface area contributed by atoms with Gasteiger partial charge in [0.05, 0.1) is 17.2 Å². The summed E-state index contributed by atoms with van der Waals surface area (Å²) in [4.78, 5) is 52.6. The van der Waals surface area contributed by atoms with Crippen LogP contribution in [-0.2, 0) is 23.8 Å². The summed E-state index contributed by atoms with van der Waals surface area (Å²) in [6.07, 6.45) is 8.03. The number of hydrogen-bond acceptors (Lipinski definition) is 8. The average molecular weight is 739 g/mol. The first-order valence-electron chi connectivity index (χ1n) is 18.9. The summed E-state index contributed by atoms with van der Waals surface area (Å²) >= 11 is 0. The predicted molar refractivity (Wildman–Crippen MR) is 213 cm³/mol. The van der Waals surface area contributed by atoms with E-state index in [1.54, 1.807) is 36.4 Å². The van der Waals surface area contributed by atoms with E-state index < -0.39 is 30.1 Å². The summed E-state index contributed by atoms with van der Waals surface area (Å²) in [5, 5.41) is 3.83. The molecule has 0 saturated heterocycles. The highest BCUT2D eigenvalue weighted by atomic mass is 16.6. The van der Waals surface area contributed by atoms with Crippen LogP contribution in [0.5, 0.6) is 5.75 Å². The first kappa shape index (κ1) is 38.7. The molecule has 1 aliphatic rings. The van der Waals surface area contributed by atoms with Crippen molar-refractivity contribution in [2.24, 2.45) is 11.8 Å². The van der Waals surface area contributed by atoms with Crippen LogP contribution in [0.3, 0.4) is 0 Å². The van der Waals surface area contributed by atoms with Crippen molar-refractivity contribution in [1.29, 1.82) is 0 Å². The molecule has 0 aromatic heterocycles. The molecule has 8 heteroatoms. The summed E-state index contributed by atoms with van der Waals surface area (Å²) in [7, 11) is 0. The van der Waals surface area contributed by atoms with Gasteiger partial charge in [-0.15, -0.1) is 0 Å². The van der Waals surface area contributed by atoms with Crippen LogP contribution in [0.25, 0.3) is 21.5 Å². The van der Waals surface area contributed by atoms with E-state index >= 15 is 0 Å². The summed E-state index contributed by atoms with van der Waals surface area (Å²) in [5.41, 5.74) is 0.816. The van der Waals surface area contributed by atoms with Crippen LogP contribution in [0.2, 0.25) is 0 Å². The molecule has 1 aliphatic carbocycles. The lowest BCUT2D eigenvalue weighted by Gasteiger charge is -2.23. The number of benzene rings is 5. The van der Waals surface area contributed by atoms with Crippen LogP contribution in [0.15, 0.2) is 140 Å². The van der Waals surface area contributed by atoms with Crippen LogP contribution in [0, 0.1) is 11.8 Å². The third kappa shape index (κ3) is 10.8. The molecule has 8 nitrogen and oxygen atoms in total. The van der Waals surface area contributed by atoms with Crippen molar-refractivity contribution in [3.63, 3.8) is 0 Å². The Kier molecular flexibility index (Phi) is 13.3. The van der Waals surface area contributed by atoms with Crippen molar-refractivity contribution < 1.29 is 38.1 Å². The molecule has 0 aliphatic heterocycles. The van der Waals surface area contributed by atoms with E-state index in [4.69, 9.17) is 18.9 Å². The number of carbonyl (C=O) groups is 4. The zero-order valence-electron chi connectivity index (χ0n) is 31.2. The van der Waals surface area contributed by atoms with Gasteiger partial charge in [0.2, 0.25) is 0 Å². The quantitative estimate of drug-likeness (QED) is 0.0324. The van der Waals surface area contributed by atoms with E-state index in [2.05, 4.69) is 0 Å². The smallest absolute Gasteiger partial charge is 0.338 e. The number of allylic oxidation sites excluding steroid dienone is 2. The van der Waals surface area contributed by atoms with E-state index in [0.717, 1.165) is 21.5 Å². The van der Waals surface area contributed by atoms with Gasteiger partial charge in [-0.1, -0.05) is 97.1 Å². The number of ketones is 1. The average Bonchev–Trinajstić information content (AvgIpc) is 3.51. The third-order valence-electron chi connectivity index (χ3n) is 9.68. The summed E-state index contributed by atoms with van der Waals surface area (Å²) in [5.74, 6) is -1.70. The van der Waals surface area contributed by atoms with Gasteiger partial charge >= 0.3 is 17.9 Å². The second kappa shape index (κ2) is 18.8. The highest BCUT2D eigenvalue weighted by Crippen LogP contribution is 2.41. The fourth-order valence-electron chi connectivity index (χ4n) is 6.96. The van der Waals surface area contributed by atoms with E-state index in [1.807, 2.05) is 111 Å². The van der Waals surface area contributed by atoms with Gasteiger partial charge in [-0.25, -0.2) is 9.59 Å². The van der Waals surface area contributed by atoms with Gasteiger partial charge in [0.25, 0.3) is 0 Å². The number of para-hydroxylation sites is 1. The molecule has 0 N–H and O–H groups in total. The van der Waals surface area contributed by atoms with Crippen LogP contribution in [0.4, 0.5) is 0 Å². The van der Waals surface area contributed by atoms with E-state index in [1.165, 1.54) is 6.08 Å². The number of rotatable bonds is 16. The zero-order valence-corrected chi connectivity index (χ0v) is 31.2. The topological polar surface area (TPSA) is 105 Å². The molecule has 1 saturated carbocycles. The second-order valence-electron chi connectivity index (χ2n) is 14.1. The summed E-state index contributed by atoms with van der Waals surface area (Å²) < 4.78 is 23.4. The second-order valence-corrected chi connectivity index (χ2v) is 14.1. The fourth-order valence-corrected chi connectivity index (χ4v) is 6.96. The lowest BCUT2D eigenvalue weighted by Crippen LogP contribution is -2.26. The lowest BCUT2D eigenvalue weighted by atomic mass is 9.89. The third-order valence-corrected chi connectivity index (χ3v) is 9.68. The Morgan fingerprint density at radius 3 is 1.89 bits per heavy atom. The molecule has 5 aromatic rings. The summed E-state index contributed by atoms with van der Waals surface area (Å²) in [6, 6.07) is 35.5. The van der Waals surface area contributed by atoms with Crippen molar-refractivity contribution in [3.8, 4) is 5.75 Å². The Morgan fingerprint density at radius 1 is 0.691 bits per heavy atom. The van der Waals surface area contributed by atoms with Crippen LogP contribution >= 0.6 is 0 Å². The van der Waals surface area contributed by atoms with Crippen LogP contribution < -0.4 is 4.74 Å². The van der Waals surface area contributed by atoms with Gasteiger partial charge in [0, 0.05) is 24.7 Å². The Hall–Kier alpha value is -6.02. The van der Waals surface area contributed by atoms with E-state index in [0.29, 0.717) is 42.6 Å². The lowest BCUT2D eigenvalue weighted by molar-refractivity contribution is -0.147. The van der Waals surface area contributed by atoms with Crippen molar-refractivity contribution in [2.45, 2.75) is 64.3 Å². The largest absolute Gasteiger partial charge is 0.485 e. The van der Waals surface area contributed by atoms with Crippen molar-refractivity contribution in [2.75, 3.05) is 6.61 Å². The molecule has 0 spiro atoms. The highest BCUT2D eigenvalue weighted by Gasteiger charge is 2.46. The molecule has 4 atom stereocenters. The molecule has 55 heavy (non-hydrogen) atoms. The molecular formula is C47H46O8. The predicted octanol–water partition coefficient (Wildman–Crippen LogP) is 9.65. The minimum absolute atomic E-state index is 0.162. The molecule has 282 valence electrons. The van der Waals surface area contributed by atoms with E-state index in [-0.39, 0.29) is 36.8 Å². The first-order valence-corrected chi connectivity index (χ1v) is 18.9. The van der Waals surface area contributed by atoms with Gasteiger partial charge < -0.3 is 18.9 Å². The first-order chi connectivity index (χ1) is 26.7. The molecule has 0 heterocycles. The van der Waals surface area contributed by atoms with E-state index in [9.17, 15) is 19.2 Å². The van der Waals surface area contributed by atoms with Crippen LogP contribution in [0.1, 0.15) is 66.7 Å². The Morgan fingerprint density at radius 2 is 1.27 bits per heavy atom. The number of carbonyl (C=O) groups excluding carboxylic acids is 4. The molecule has 6 rings (SSSR count). The maximum atomic E-state index is 13.7. The molecule has 0 amide bonds.